The van der Waals surface area contributed by atoms with Crippen molar-refractivity contribution in [3.05, 3.63) is 35.9 Å². The second kappa shape index (κ2) is 7.67. The zero-order valence-corrected chi connectivity index (χ0v) is 17.5. The Hall–Kier alpha value is -1.06. The molecule has 1 aromatic carbocycles. The van der Waals surface area contributed by atoms with Gasteiger partial charge in [0.05, 0.1) is 0 Å². The number of ether oxygens (including phenoxy) is 1. The van der Waals surface area contributed by atoms with Crippen LogP contribution in [0.2, 0.25) is 0 Å². The molecule has 0 radical (unpaired) electrons. The van der Waals surface area contributed by atoms with E-state index in [0.717, 1.165) is 25.1 Å². The molecule has 0 amide bonds. The van der Waals surface area contributed by atoms with Crippen molar-refractivity contribution in [1.82, 2.24) is 4.90 Å². The van der Waals surface area contributed by atoms with E-state index in [9.17, 15) is 4.79 Å². The summed E-state index contributed by atoms with van der Waals surface area (Å²) >= 11 is 0. The molecule has 142 valence electrons. The predicted octanol–water partition coefficient (Wildman–Crippen LogP) is 1.62. The van der Waals surface area contributed by atoms with Crippen molar-refractivity contribution < 1.29 is 21.9 Å². The van der Waals surface area contributed by atoms with Crippen LogP contribution in [0.4, 0.5) is 0 Å². The van der Waals surface area contributed by atoms with E-state index in [1.54, 1.807) is 0 Å². The molecule has 1 aliphatic heterocycles. The van der Waals surface area contributed by atoms with Crippen LogP contribution in [-0.4, -0.2) is 29.5 Å². The molecule has 1 heterocycles. The molecule has 2 unspecified atom stereocenters. The Morgan fingerprint density at radius 2 is 1.68 bits per heavy atom. The number of nitrogens with zero attached hydrogens (tertiary/aromatic N) is 1. The van der Waals surface area contributed by atoms with Gasteiger partial charge in [0.2, 0.25) is 0 Å². The summed E-state index contributed by atoms with van der Waals surface area (Å²) in [7, 11) is 0. The molecule has 1 aromatic rings. The molecule has 1 saturated heterocycles. The smallest absolute Gasteiger partial charge is 0.303 e. The van der Waals surface area contributed by atoms with Crippen molar-refractivity contribution in [3.8, 4) is 0 Å². The van der Waals surface area contributed by atoms with E-state index < -0.39 is 5.60 Å². The Balaban J connectivity index is 0.00000312. The van der Waals surface area contributed by atoms with Gasteiger partial charge in [-0.05, 0) is 44.1 Å². The van der Waals surface area contributed by atoms with Crippen LogP contribution < -0.4 is 12.4 Å². The Labute approximate surface area is 159 Å². The molecule has 0 bridgehead atoms. The largest absolute Gasteiger partial charge is 1.00 e. The van der Waals surface area contributed by atoms with Crippen molar-refractivity contribution in [2.45, 2.75) is 66.0 Å². The quantitative estimate of drug-likeness (QED) is 0.745. The minimum Gasteiger partial charge on any atom is -1.00 e. The third-order valence-corrected chi connectivity index (χ3v) is 5.28. The first-order chi connectivity index (χ1) is 10.9. The molecule has 2 rings (SSSR count). The Bertz CT molecular complexity index is 550. The highest BCUT2D eigenvalue weighted by Crippen LogP contribution is 2.45. The monoisotopic (exact) mass is 366 g/mol. The lowest BCUT2D eigenvalue weighted by atomic mass is 9.69. The van der Waals surface area contributed by atoms with Crippen LogP contribution in [0.1, 0.15) is 60.5 Å². The van der Waals surface area contributed by atoms with Gasteiger partial charge in [-0.3, -0.25) is 9.69 Å². The van der Waals surface area contributed by atoms with E-state index in [2.05, 4.69) is 58.6 Å². The Kier molecular flexibility index (Phi) is 6.75. The molecule has 1 fully saturated rings. The molecular formula is C21H33ClNO2-. The van der Waals surface area contributed by atoms with Crippen molar-refractivity contribution >= 4 is 5.97 Å². The number of carbonyl (C=O) groups excluding carboxylic acids is 1. The summed E-state index contributed by atoms with van der Waals surface area (Å²) in [4.78, 5) is 14.4. The number of halogens is 1. The van der Waals surface area contributed by atoms with Crippen LogP contribution in [-0.2, 0) is 15.1 Å². The third-order valence-electron chi connectivity index (χ3n) is 5.28. The summed E-state index contributed by atoms with van der Waals surface area (Å²) in [5.74, 6) is 0.243. The first-order valence-corrected chi connectivity index (χ1v) is 8.94. The molecule has 0 spiro atoms. The maximum absolute atomic E-state index is 12.0. The normalized spacial score (nSPS) is 25.2. The molecule has 3 nitrogen and oxygen atoms in total. The molecule has 0 aromatic heterocycles. The number of hydrogen-bond acceptors (Lipinski definition) is 3. The number of benzene rings is 1. The minimum atomic E-state index is -0.573. The van der Waals surface area contributed by atoms with Gasteiger partial charge in [0.15, 0.2) is 0 Å². The number of carbonyl (C=O) groups is 1. The fourth-order valence-electron chi connectivity index (χ4n) is 3.62. The van der Waals surface area contributed by atoms with Crippen LogP contribution >= 0.6 is 0 Å². The fraction of sp³-hybridized carbons (Fsp3) is 0.667. The number of rotatable bonds is 2. The van der Waals surface area contributed by atoms with E-state index in [4.69, 9.17) is 4.74 Å². The van der Waals surface area contributed by atoms with Crippen LogP contribution in [0.5, 0.6) is 0 Å². The highest BCUT2D eigenvalue weighted by Gasteiger charge is 2.48. The Morgan fingerprint density at radius 1 is 1.12 bits per heavy atom. The van der Waals surface area contributed by atoms with Gasteiger partial charge in [0.25, 0.3) is 0 Å². The van der Waals surface area contributed by atoms with Crippen LogP contribution in [0.25, 0.3) is 0 Å². The van der Waals surface area contributed by atoms with E-state index in [0.29, 0.717) is 5.92 Å². The van der Waals surface area contributed by atoms with Gasteiger partial charge < -0.3 is 17.1 Å². The molecule has 2 atom stereocenters. The molecular weight excluding hydrogens is 334 g/mol. The third kappa shape index (κ3) is 5.21. The number of piperidine rings is 1. The van der Waals surface area contributed by atoms with Crippen LogP contribution in [0.15, 0.2) is 30.3 Å². The summed E-state index contributed by atoms with van der Waals surface area (Å²) in [6, 6.07) is 10.3. The molecule has 0 N–H and O–H groups in total. The molecule has 4 heteroatoms. The van der Waals surface area contributed by atoms with Crippen LogP contribution in [0, 0.1) is 11.3 Å². The van der Waals surface area contributed by atoms with E-state index in [-0.39, 0.29) is 29.3 Å². The van der Waals surface area contributed by atoms with Crippen molar-refractivity contribution in [1.29, 1.82) is 0 Å². The SMILES string of the molecule is CC(=O)OC1(c2ccccc2)CC(C(C)(C)C)CN(C(C)(C)C)C1.[Cl-]. The molecule has 1 aliphatic rings. The van der Waals surface area contributed by atoms with E-state index in [1.807, 2.05) is 18.2 Å². The average Bonchev–Trinajstić information content (AvgIpc) is 2.45. The standard InChI is InChI=1S/C21H33NO2.ClH/c1-16(23)24-21(17-11-9-8-10-12-17)13-18(19(2,3)4)14-22(15-21)20(5,6)7;/h8-12,18H,13-15H2,1-7H3;1H/p-1. The first-order valence-electron chi connectivity index (χ1n) is 8.94. The zero-order valence-electron chi connectivity index (χ0n) is 16.7. The number of esters is 1. The van der Waals surface area contributed by atoms with Gasteiger partial charge in [-0.2, -0.15) is 0 Å². The van der Waals surface area contributed by atoms with Gasteiger partial charge >= 0.3 is 5.97 Å². The molecule has 0 aliphatic carbocycles. The summed E-state index contributed by atoms with van der Waals surface area (Å²) in [6.45, 7) is 16.9. The first kappa shape index (κ1) is 22.0. The average molecular weight is 367 g/mol. The summed E-state index contributed by atoms with van der Waals surface area (Å²) in [6.07, 6.45) is 0.868. The van der Waals surface area contributed by atoms with Crippen molar-refractivity contribution in [2.24, 2.45) is 11.3 Å². The summed E-state index contributed by atoms with van der Waals surface area (Å²) in [5, 5.41) is 0. The van der Waals surface area contributed by atoms with E-state index in [1.165, 1.54) is 6.92 Å². The lowest BCUT2D eigenvalue weighted by Gasteiger charge is -2.53. The maximum atomic E-state index is 12.0. The number of hydrogen-bond donors (Lipinski definition) is 0. The summed E-state index contributed by atoms with van der Waals surface area (Å²) in [5.41, 5.74) is 0.716. The molecule has 25 heavy (non-hydrogen) atoms. The van der Waals surface area contributed by atoms with Crippen molar-refractivity contribution in [3.63, 3.8) is 0 Å². The lowest BCUT2D eigenvalue weighted by molar-refractivity contribution is -0.175. The zero-order chi connectivity index (χ0) is 18.2. The Morgan fingerprint density at radius 3 is 2.12 bits per heavy atom. The topological polar surface area (TPSA) is 29.5 Å². The second-order valence-corrected chi connectivity index (χ2v) is 9.27. The van der Waals surface area contributed by atoms with Gasteiger partial charge in [-0.25, -0.2) is 0 Å². The second-order valence-electron chi connectivity index (χ2n) is 9.27. The van der Waals surface area contributed by atoms with Crippen molar-refractivity contribution in [2.75, 3.05) is 13.1 Å². The maximum Gasteiger partial charge on any atom is 0.303 e. The summed E-state index contributed by atoms with van der Waals surface area (Å²) < 4.78 is 6.04. The predicted molar refractivity (Wildman–Crippen MR) is 98.8 cm³/mol. The van der Waals surface area contributed by atoms with Gasteiger partial charge in [0, 0.05) is 25.6 Å². The highest BCUT2D eigenvalue weighted by atomic mass is 35.5. The van der Waals surface area contributed by atoms with Gasteiger partial charge in [0.1, 0.15) is 5.60 Å². The minimum absolute atomic E-state index is 0. The number of likely N-dealkylation sites (tertiary alicyclic amines) is 1. The highest BCUT2D eigenvalue weighted by molar-refractivity contribution is 5.67. The van der Waals surface area contributed by atoms with E-state index >= 15 is 0 Å². The molecule has 0 saturated carbocycles. The fourth-order valence-corrected chi connectivity index (χ4v) is 3.62. The van der Waals surface area contributed by atoms with Gasteiger partial charge in [-0.15, -0.1) is 0 Å². The van der Waals surface area contributed by atoms with Crippen LogP contribution in [0.3, 0.4) is 0 Å². The lowest BCUT2D eigenvalue weighted by Crippen LogP contribution is -3.00. The van der Waals surface area contributed by atoms with Gasteiger partial charge in [-0.1, -0.05) is 51.1 Å².